The van der Waals surface area contributed by atoms with Crippen LogP contribution in [-0.4, -0.2) is 36.4 Å². The summed E-state index contributed by atoms with van der Waals surface area (Å²) in [5.74, 6) is 0.601. The van der Waals surface area contributed by atoms with E-state index in [-0.39, 0.29) is 29.8 Å². The predicted molar refractivity (Wildman–Crippen MR) is 110 cm³/mol. The van der Waals surface area contributed by atoms with Crippen molar-refractivity contribution in [3.05, 3.63) is 29.8 Å². The van der Waals surface area contributed by atoms with Crippen LogP contribution in [0.25, 0.3) is 0 Å². The van der Waals surface area contributed by atoms with Gasteiger partial charge < -0.3 is 15.0 Å². The van der Waals surface area contributed by atoms with Crippen LogP contribution in [0.15, 0.2) is 24.3 Å². The fourth-order valence-corrected chi connectivity index (χ4v) is 4.56. The number of likely N-dealkylation sites (tertiary alicyclic amines) is 1. The number of nitrogens with one attached hydrogen (secondary N) is 1. The lowest BCUT2D eigenvalue weighted by molar-refractivity contribution is -0.129. The SMILES string of the molecule is CCCCN1C(=O)C[C@H](C(=O)NC2CCCCCC2)[C@H]1c1ccc(OC)cc1. The van der Waals surface area contributed by atoms with Crippen LogP contribution in [0.1, 0.15) is 76.3 Å². The molecule has 1 aliphatic carbocycles. The third kappa shape index (κ3) is 4.86. The number of methoxy groups -OCH3 is 1. The maximum atomic E-state index is 13.2. The molecule has 1 saturated carbocycles. The number of hydrogen-bond acceptors (Lipinski definition) is 3. The summed E-state index contributed by atoms with van der Waals surface area (Å²) < 4.78 is 5.27. The fraction of sp³-hybridized carbons (Fsp3) is 0.652. The van der Waals surface area contributed by atoms with Gasteiger partial charge in [-0.15, -0.1) is 0 Å². The van der Waals surface area contributed by atoms with E-state index in [4.69, 9.17) is 4.74 Å². The van der Waals surface area contributed by atoms with Crippen molar-refractivity contribution in [1.29, 1.82) is 0 Å². The smallest absolute Gasteiger partial charge is 0.226 e. The Kier molecular flexibility index (Phi) is 7.35. The van der Waals surface area contributed by atoms with Gasteiger partial charge in [0.1, 0.15) is 5.75 Å². The normalized spacial score (nSPS) is 23.5. The van der Waals surface area contributed by atoms with Gasteiger partial charge in [-0.25, -0.2) is 0 Å². The molecule has 0 bridgehead atoms. The molecule has 1 aliphatic heterocycles. The van der Waals surface area contributed by atoms with Crippen molar-refractivity contribution in [3.8, 4) is 5.75 Å². The van der Waals surface area contributed by atoms with E-state index < -0.39 is 0 Å². The van der Waals surface area contributed by atoms with E-state index in [0.717, 1.165) is 37.0 Å². The lowest BCUT2D eigenvalue weighted by Gasteiger charge is -2.29. The molecule has 0 radical (unpaired) electrons. The number of carbonyl (C=O) groups is 2. The number of unbranched alkanes of at least 4 members (excludes halogenated alkanes) is 1. The van der Waals surface area contributed by atoms with Gasteiger partial charge in [0, 0.05) is 19.0 Å². The van der Waals surface area contributed by atoms with E-state index in [2.05, 4.69) is 12.2 Å². The summed E-state index contributed by atoms with van der Waals surface area (Å²) in [7, 11) is 1.64. The second kappa shape index (κ2) is 9.94. The third-order valence-corrected chi connectivity index (χ3v) is 6.18. The van der Waals surface area contributed by atoms with Gasteiger partial charge in [0.05, 0.1) is 19.1 Å². The van der Waals surface area contributed by atoms with Crippen LogP contribution >= 0.6 is 0 Å². The van der Waals surface area contributed by atoms with Crippen LogP contribution in [-0.2, 0) is 9.59 Å². The minimum Gasteiger partial charge on any atom is -0.497 e. The first kappa shape index (κ1) is 20.7. The molecule has 2 atom stereocenters. The summed E-state index contributed by atoms with van der Waals surface area (Å²) >= 11 is 0. The van der Waals surface area contributed by atoms with Crippen LogP contribution in [0, 0.1) is 5.92 Å². The Morgan fingerprint density at radius 2 is 1.82 bits per heavy atom. The average Bonchev–Trinajstić information content (AvgIpc) is 2.86. The molecule has 0 unspecified atom stereocenters. The van der Waals surface area contributed by atoms with Gasteiger partial charge in [0.15, 0.2) is 0 Å². The molecule has 1 heterocycles. The zero-order valence-corrected chi connectivity index (χ0v) is 17.3. The van der Waals surface area contributed by atoms with Crippen LogP contribution in [0.4, 0.5) is 0 Å². The number of ether oxygens (including phenoxy) is 1. The van der Waals surface area contributed by atoms with Crippen molar-refractivity contribution < 1.29 is 14.3 Å². The molecule has 2 amide bonds. The second-order valence-corrected chi connectivity index (χ2v) is 8.17. The zero-order chi connectivity index (χ0) is 19.9. The Bertz CT molecular complexity index is 650. The van der Waals surface area contributed by atoms with E-state index in [9.17, 15) is 9.59 Å². The predicted octanol–water partition coefficient (Wildman–Crippen LogP) is 4.22. The first-order chi connectivity index (χ1) is 13.6. The maximum Gasteiger partial charge on any atom is 0.226 e. The highest BCUT2D eigenvalue weighted by atomic mass is 16.5. The Hall–Kier alpha value is -2.04. The zero-order valence-electron chi connectivity index (χ0n) is 17.3. The Labute approximate surface area is 168 Å². The maximum absolute atomic E-state index is 13.2. The summed E-state index contributed by atoms with van der Waals surface area (Å²) in [6.45, 7) is 2.83. The molecule has 2 fully saturated rings. The minimum atomic E-state index is -0.319. The molecule has 0 aromatic heterocycles. The Balaban J connectivity index is 1.79. The van der Waals surface area contributed by atoms with E-state index in [0.29, 0.717) is 13.0 Å². The number of carbonyl (C=O) groups excluding carboxylic acids is 2. The molecule has 1 saturated heterocycles. The molecular weight excluding hydrogens is 352 g/mol. The molecule has 2 aliphatic rings. The van der Waals surface area contributed by atoms with Crippen LogP contribution in [0.5, 0.6) is 5.75 Å². The first-order valence-corrected chi connectivity index (χ1v) is 10.9. The van der Waals surface area contributed by atoms with Gasteiger partial charge >= 0.3 is 0 Å². The fourth-order valence-electron chi connectivity index (χ4n) is 4.56. The number of hydrogen-bond donors (Lipinski definition) is 1. The number of benzene rings is 1. The number of amides is 2. The largest absolute Gasteiger partial charge is 0.497 e. The van der Waals surface area contributed by atoms with Crippen molar-refractivity contribution in [2.45, 2.75) is 76.8 Å². The summed E-state index contributed by atoms with van der Waals surface area (Å²) in [4.78, 5) is 27.9. The summed E-state index contributed by atoms with van der Waals surface area (Å²) in [6.07, 6.45) is 9.27. The first-order valence-electron chi connectivity index (χ1n) is 10.9. The van der Waals surface area contributed by atoms with Gasteiger partial charge in [0.25, 0.3) is 0 Å². The minimum absolute atomic E-state index is 0.0417. The Morgan fingerprint density at radius 3 is 2.43 bits per heavy atom. The molecular formula is C23H34N2O3. The van der Waals surface area contributed by atoms with Crippen LogP contribution < -0.4 is 10.1 Å². The summed E-state index contributed by atoms with van der Waals surface area (Å²) in [6, 6.07) is 7.88. The topological polar surface area (TPSA) is 58.6 Å². The molecule has 1 aromatic rings. The van der Waals surface area contributed by atoms with Crippen molar-refractivity contribution >= 4 is 11.8 Å². The molecule has 154 valence electrons. The Morgan fingerprint density at radius 1 is 1.14 bits per heavy atom. The molecule has 1 N–H and O–H groups in total. The molecule has 28 heavy (non-hydrogen) atoms. The van der Waals surface area contributed by atoms with Gasteiger partial charge in [-0.3, -0.25) is 9.59 Å². The third-order valence-electron chi connectivity index (χ3n) is 6.18. The van der Waals surface area contributed by atoms with Crippen LogP contribution in [0.2, 0.25) is 0 Å². The van der Waals surface area contributed by atoms with Crippen LogP contribution in [0.3, 0.4) is 0 Å². The lowest BCUT2D eigenvalue weighted by atomic mass is 9.92. The van der Waals surface area contributed by atoms with E-state index in [1.807, 2.05) is 29.2 Å². The molecule has 3 rings (SSSR count). The highest BCUT2D eigenvalue weighted by Crippen LogP contribution is 2.39. The monoisotopic (exact) mass is 386 g/mol. The van der Waals surface area contributed by atoms with Crippen molar-refractivity contribution in [2.75, 3.05) is 13.7 Å². The van der Waals surface area contributed by atoms with Gasteiger partial charge in [0.2, 0.25) is 11.8 Å². The van der Waals surface area contributed by atoms with E-state index >= 15 is 0 Å². The lowest BCUT2D eigenvalue weighted by Crippen LogP contribution is -2.41. The second-order valence-electron chi connectivity index (χ2n) is 8.17. The number of nitrogens with zero attached hydrogens (tertiary/aromatic N) is 1. The molecule has 0 spiro atoms. The van der Waals surface area contributed by atoms with Crippen molar-refractivity contribution in [1.82, 2.24) is 10.2 Å². The molecule has 5 nitrogen and oxygen atoms in total. The van der Waals surface area contributed by atoms with E-state index in [1.54, 1.807) is 7.11 Å². The van der Waals surface area contributed by atoms with Gasteiger partial charge in [-0.2, -0.15) is 0 Å². The van der Waals surface area contributed by atoms with Crippen molar-refractivity contribution in [3.63, 3.8) is 0 Å². The standard InChI is InChI=1S/C23H34N2O3/c1-3-4-15-25-21(26)16-20(22(25)17-11-13-19(28-2)14-12-17)23(27)24-18-9-7-5-6-8-10-18/h11-14,18,20,22H,3-10,15-16H2,1-2H3,(H,24,27)/t20-,22+/m0/s1. The highest BCUT2D eigenvalue weighted by Gasteiger charge is 2.44. The highest BCUT2D eigenvalue weighted by molar-refractivity contribution is 5.90. The molecule has 5 heteroatoms. The summed E-state index contributed by atoms with van der Waals surface area (Å²) in [5, 5.41) is 3.28. The van der Waals surface area contributed by atoms with Gasteiger partial charge in [-0.1, -0.05) is 51.2 Å². The average molecular weight is 387 g/mol. The summed E-state index contributed by atoms with van der Waals surface area (Å²) in [5.41, 5.74) is 1.02. The van der Waals surface area contributed by atoms with Crippen molar-refractivity contribution in [2.24, 2.45) is 5.92 Å². The van der Waals surface area contributed by atoms with E-state index in [1.165, 1.54) is 25.7 Å². The number of rotatable bonds is 7. The molecule has 1 aromatic carbocycles. The van der Waals surface area contributed by atoms with Gasteiger partial charge in [-0.05, 0) is 37.0 Å². The quantitative estimate of drug-likeness (QED) is 0.714.